The quantitative estimate of drug-likeness (QED) is 0.738. The number of anilines is 1. The van der Waals surface area contributed by atoms with Crippen molar-refractivity contribution in [3.05, 3.63) is 58.6 Å². The lowest BCUT2D eigenvalue weighted by Crippen LogP contribution is -2.42. The van der Waals surface area contributed by atoms with E-state index in [2.05, 4.69) is 10.3 Å². The summed E-state index contributed by atoms with van der Waals surface area (Å²) >= 11 is 0. The van der Waals surface area contributed by atoms with Gasteiger partial charge in [-0.1, -0.05) is 12.1 Å². The van der Waals surface area contributed by atoms with Crippen LogP contribution in [-0.4, -0.2) is 38.1 Å². The van der Waals surface area contributed by atoms with Crippen LogP contribution in [0.25, 0.3) is 11.2 Å². The van der Waals surface area contributed by atoms with E-state index in [-0.39, 0.29) is 11.7 Å². The van der Waals surface area contributed by atoms with Crippen molar-refractivity contribution in [1.29, 1.82) is 0 Å². The maximum Gasteiger partial charge on any atom is 0.330 e. The van der Waals surface area contributed by atoms with E-state index in [0.717, 1.165) is 35.3 Å². The highest BCUT2D eigenvalue weighted by molar-refractivity contribution is 5.89. The zero-order valence-electron chi connectivity index (χ0n) is 17.0. The highest BCUT2D eigenvalue weighted by Crippen LogP contribution is 2.21. The minimum absolute atomic E-state index is 0.000759. The van der Waals surface area contributed by atoms with Crippen LogP contribution >= 0.6 is 0 Å². The number of aryl methyl sites for hydroxylation is 2. The molecule has 0 saturated carbocycles. The van der Waals surface area contributed by atoms with Gasteiger partial charge in [-0.2, -0.15) is 0 Å². The van der Waals surface area contributed by atoms with Crippen LogP contribution in [0.1, 0.15) is 25.3 Å². The lowest BCUT2D eigenvalue weighted by atomic mass is 9.97. The molecule has 1 N–H and O–H groups in total. The fourth-order valence-corrected chi connectivity index (χ4v) is 4.12. The topological polar surface area (TPSA) is 72.2 Å². The standard InChI is InChI=1S/C22H27N5O2/c1-3-26-19-8-5-11-23-20(19)27(22(26)29)15-17-9-12-25(13-10-17)21(28)24-18-7-4-6-16(2)14-18/h4-8,11,14,17H,3,9-10,12-13,15H2,1-2H3,(H,24,28). The van der Waals surface area contributed by atoms with Crippen LogP contribution in [0.5, 0.6) is 0 Å². The van der Waals surface area contributed by atoms with Crippen molar-refractivity contribution in [3.63, 3.8) is 0 Å². The average Bonchev–Trinajstić information content (AvgIpc) is 2.99. The van der Waals surface area contributed by atoms with Crippen LogP contribution in [0, 0.1) is 12.8 Å². The molecule has 7 nitrogen and oxygen atoms in total. The first-order valence-electron chi connectivity index (χ1n) is 10.2. The van der Waals surface area contributed by atoms with Crippen molar-refractivity contribution >= 4 is 22.9 Å². The van der Waals surface area contributed by atoms with E-state index in [1.54, 1.807) is 15.3 Å². The summed E-state index contributed by atoms with van der Waals surface area (Å²) < 4.78 is 3.57. The molecule has 29 heavy (non-hydrogen) atoms. The summed E-state index contributed by atoms with van der Waals surface area (Å²) in [5.74, 6) is 0.355. The maximum absolute atomic E-state index is 12.8. The first-order valence-corrected chi connectivity index (χ1v) is 10.2. The summed E-state index contributed by atoms with van der Waals surface area (Å²) in [6, 6.07) is 11.6. The van der Waals surface area contributed by atoms with E-state index in [0.29, 0.717) is 32.1 Å². The molecule has 1 aromatic carbocycles. The number of fused-ring (bicyclic) bond motifs is 1. The third kappa shape index (κ3) is 3.90. The predicted octanol–water partition coefficient (Wildman–Crippen LogP) is 3.47. The molecule has 3 heterocycles. The third-order valence-electron chi connectivity index (χ3n) is 5.70. The predicted molar refractivity (Wildman–Crippen MR) is 114 cm³/mol. The van der Waals surface area contributed by atoms with Gasteiger partial charge in [0.25, 0.3) is 0 Å². The van der Waals surface area contributed by atoms with Gasteiger partial charge in [-0.25, -0.2) is 14.6 Å². The number of benzene rings is 1. The summed E-state index contributed by atoms with van der Waals surface area (Å²) in [5, 5.41) is 2.98. The van der Waals surface area contributed by atoms with Gasteiger partial charge in [0.1, 0.15) is 0 Å². The number of pyridine rings is 1. The highest BCUT2D eigenvalue weighted by Gasteiger charge is 2.25. The Hall–Kier alpha value is -3.09. The molecule has 152 valence electrons. The minimum Gasteiger partial charge on any atom is -0.325 e. The van der Waals surface area contributed by atoms with Crippen molar-refractivity contribution in [2.24, 2.45) is 5.92 Å². The molecule has 1 fully saturated rings. The molecule has 0 spiro atoms. The van der Waals surface area contributed by atoms with Gasteiger partial charge in [0, 0.05) is 38.1 Å². The summed E-state index contributed by atoms with van der Waals surface area (Å²) in [6.07, 6.45) is 3.48. The normalized spacial score (nSPS) is 15.0. The van der Waals surface area contributed by atoms with Gasteiger partial charge in [-0.3, -0.25) is 9.13 Å². The van der Waals surface area contributed by atoms with E-state index in [9.17, 15) is 9.59 Å². The third-order valence-corrected chi connectivity index (χ3v) is 5.70. The van der Waals surface area contributed by atoms with Crippen molar-refractivity contribution in [1.82, 2.24) is 19.0 Å². The van der Waals surface area contributed by atoms with Crippen LogP contribution in [0.4, 0.5) is 10.5 Å². The lowest BCUT2D eigenvalue weighted by molar-refractivity contribution is 0.177. The molecule has 0 atom stereocenters. The Morgan fingerprint density at radius 1 is 1.17 bits per heavy atom. The zero-order chi connectivity index (χ0) is 20.4. The van der Waals surface area contributed by atoms with Crippen LogP contribution in [0.2, 0.25) is 0 Å². The van der Waals surface area contributed by atoms with Gasteiger partial charge in [0.2, 0.25) is 0 Å². The van der Waals surface area contributed by atoms with Gasteiger partial charge in [0.15, 0.2) is 5.65 Å². The second-order valence-electron chi connectivity index (χ2n) is 7.71. The maximum atomic E-state index is 12.8. The number of urea groups is 1. The van der Waals surface area contributed by atoms with Crippen LogP contribution in [-0.2, 0) is 13.1 Å². The summed E-state index contributed by atoms with van der Waals surface area (Å²) in [4.78, 5) is 31.7. The highest BCUT2D eigenvalue weighted by atomic mass is 16.2. The summed E-state index contributed by atoms with van der Waals surface area (Å²) in [5.41, 5.74) is 3.57. The largest absolute Gasteiger partial charge is 0.330 e. The second kappa shape index (κ2) is 8.11. The SMILES string of the molecule is CCn1c(=O)n(CC2CCN(C(=O)Nc3cccc(C)c3)CC2)c2ncccc21. The smallest absolute Gasteiger partial charge is 0.325 e. The molecule has 2 aromatic heterocycles. The van der Waals surface area contributed by atoms with Crippen molar-refractivity contribution in [3.8, 4) is 0 Å². The van der Waals surface area contributed by atoms with Crippen molar-refractivity contribution in [2.75, 3.05) is 18.4 Å². The van der Waals surface area contributed by atoms with Gasteiger partial charge in [0.05, 0.1) is 5.52 Å². The van der Waals surface area contributed by atoms with E-state index in [4.69, 9.17) is 0 Å². The van der Waals surface area contributed by atoms with E-state index < -0.39 is 0 Å². The summed E-state index contributed by atoms with van der Waals surface area (Å²) in [6.45, 7) is 6.64. The number of nitrogens with one attached hydrogen (secondary N) is 1. The molecule has 3 aromatic rings. The number of imidazole rings is 1. The minimum atomic E-state index is -0.0598. The van der Waals surface area contributed by atoms with E-state index in [1.165, 1.54) is 0 Å². The first kappa shape index (κ1) is 19.2. The number of likely N-dealkylation sites (tertiary alicyclic amines) is 1. The van der Waals surface area contributed by atoms with Crippen molar-refractivity contribution < 1.29 is 4.79 Å². The molecule has 7 heteroatoms. The lowest BCUT2D eigenvalue weighted by Gasteiger charge is -2.32. The molecule has 0 bridgehead atoms. The molecule has 1 aliphatic rings. The number of carbonyl (C=O) groups excluding carboxylic acids is 1. The molecular weight excluding hydrogens is 366 g/mol. The van der Waals surface area contributed by atoms with Crippen LogP contribution in [0.3, 0.4) is 0 Å². The molecule has 2 amide bonds. The second-order valence-corrected chi connectivity index (χ2v) is 7.71. The monoisotopic (exact) mass is 393 g/mol. The Labute approximate surface area is 170 Å². The molecular formula is C22H27N5O2. The first-order chi connectivity index (χ1) is 14.1. The van der Waals surface area contributed by atoms with Gasteiger partial charge >= 0.3 is 11.7 Å². The summed E-state index contributed by atoms with van der Waals surface area (Å²) in [7, 11) is 0. The molecule has 0 unspecified atom stereocenters. The van der Waals surface area contributed by atoms with Crippen molar-refractivity contribution in [2.45, 2.75) is 39.8 Å². The fraction of sp³-hybridized carbons (Fsp3) is 0.409. The molecule has 1 aliphatic heterocycles. The number of hydrogen-bond donors (Lipinski definition) is 1. The van der Waals surface area contributed by atoms with Gasteiger partial charge < -0.3 is 10.2 Å². The number of amides is 2. The van der Waals surface area contributed by atoms with Crippen LogP contribution < -0.4 is 11.0 Å². The average molecular weight is 393 g/mol. The Morgan fingerprint density at radius 2 is 1.97 bits per heavy atom. The fourth-order valence-electron chi connectivity index (χ4n) is 4.12. The van der Waals surface area contributed by atoms with Gasteiger partial charge in [-0.05, 0) is 62.4 Å². The van der Waals surface area contributed by atoms with Gasteiger partial charge in [-0.15, -0.1) is 0 Å². The Balaban J connectivity index is 1.41. The Morgan fingerprint density at radius 3 is 2.69 bits per heavy atom. The molecule has 0 radical (unpaired) electrons. The zero-order valence-corrected chi connectivity index (χ0v) is 17.0. The molecule has 1 saturated heterocycles. The number of aromatic nitrogens is 3. The number of hydrogen-bond acceptors (Lipinski definition) is 3. The van der Waals surface area contributed by atoms with E-state index >= 15 is 0 Å². The van der Waals surface area contributed by atoms with Crippen LogP contribution in [0.15, 0.2) is 47.4 Å². The van der Waals surface area contributed by atoms with E-state index in [1.807, 2.05) is 55.1 Å². The number of nitrogens with zero attached hydrogens (tertiary/aromatic N) is 4. The number of carbonyl (C=O) groups is 1. The molecule has 0 aliphatic carbocycles. The Bertz CT molecular complexity index is 1080. The number of piperidine rings is 1. The Kier molecular flexibility index (Phi) is 5.38. The number of rotatable bonds is 4. The molecule has 4 rings (SSSR count).